The van der Waals surface area contributed by atoms with Crippen LogP contribution < -0.4 is 0 Å². The van der Waals surface area contributed by atoms with E-state index in [0.717, 1.165) is 5.92 Å². The second-order valence-electron chi connectivity index (χ2n) is 4.91. The van der Waals surface area contributed by atoms with Gasteiger partial charge in [-0.2, -0.15) is 0 Å². The lowest BCUT2D eigenvalue weighted by atomic mass is 9.77. The van der Waals surface area contributed by atoms with Crippen LogP contribution in [0.3, 0.4) is 0 Å². The van der Waals surface area contributed by atoms with Crippen LogP contribution in [0.2, 0.25) is 0 Å². The van der Waals surface area contributed by atoms with Gasteiger partial charge in [0.25, 0.3) is 0 Å². The first-order valence-corrected chi connectivity index (χ1v) is 7.00. The quantitative estimate of drug-likeness (QED) is 0.688. The number of hydrogen-bond acceptors (Lipinski definition) is 2. The van der Waals surface area contributed by atoms with E-state index in [1.165, 1.54) is 43.5 Å². The highest BCUT2D eigenvalue weighted by atomic mass is 15.2. The van der Waals surface area contributed by atoms with E-state index in [-0.39, 0.29) is 7.43 Å². The standard InChI is InChI=1S/C13H18N2.C2H6.CH4/c1-15-9-3-5-11-7-6-10-4-2-8-14-12(10)13(11)15;1-2;/h2,4,8,11,13H,3,5-7,9H2,1H3;1-2H3;1H4/t11-,13-;;/m0../s1. The molecule has 2 atom stereocenters. The molecule has 1 aliphatic heterocycles. The monoisotopic (exact) mass is 248 g/mol. The number of likely N-dealkylation sites (tertiary alicyclic amines) is 1. The Kier molecular flexibility index (Phi) is 5.80. The van der Waals surface area contributed by atoms with Crippen molar-refractivity contribution in [3.05, 3.63) is 29.6 Å². The van der Waals surface area contributed by atoms with Gasteiger partial charge in [0.1, 0.15) is 0 Å². The zero-order valence-corrected chi connectivity index (χ0v) is 11.3. The van der Waals surface area contributed by atoms with Gasteiger partial charge >= 0.3 is 0 Å². The number of nitrogens with zero attached hydrogens (tertiary/aromatic N) is 2. The van der Waals surface area contributed by atoms with Crippen molar-refractivity contribution < 1.29 is 0 Å². The smallest absolute Gasteiger partial charge is 0.0609 e. The summed E-state index contributed by atoms with van der Waals surface area (Å²) in [5.74, 6) is 0.853. The zero-order chi connectivity index (χ0) is 12.3. The number of fused-ring (bicyclic) bond motifs is 3. The summed E-state index contributed by atoms with van der Waals surface area (Å²) in [4.78, 5) is 7.11. The summed E-state index contributed by atoms with van der Waals surface area (Å²) in [5, 5.41) is 0. The highest BCUT2D eigenvalue weighted by molar-refractivity contribution is 5.27. The number of rotatable bonds is 0. The van der Waals surface area contributed by atoms with Gasteiger partial charge in [-0.25, -0.2) is 0 Å². The lowest BCUT2D eigenvalue weighted by Crippen LogP contribution is -2.39. The first kappa shape index (κ1) is 15.2. The van der Waals surface area contributed by atoms with Crippen molar-refractivity contribution in [1.82, 2.24) is 9.88 Å². The molecule has 1 aromatic rings. The summed E-state index contributed by atoms with van der Waals surface area (Å²) in [6.45, 7) is 5.23. The zero-order valence-electron chi connectivity index (χ0n) is 11.3. The molecule has 18 heavy (non-hydrogen) atoms. The van der Waals surface area contributed by atoms with E-state index in [0.29, 0.717) is 6.04 Å². The normalized spacial score (nSPS) is 25.9. The molecule has 2 heterocycles. The van der Waals surface area contributed by atoms with Gasteiger partial charge in [0.2, 0.25) is 0 Å². The van der Waals surface area contributed by atoms with Gasteiger partial charge in [-0.1, -0.05) is 27.3 Å². The van der Waals surface area contributed by atoms with Crippen LogP contribution in [-0.2, 0) is 6.42 Å². The molecule has 0 saturated carbocycles. The summed E-state index contributed by atoms with van der Waals surface area (Å²) < 4.78 is 0. The molecule has 0 unspecified atom stereocenters. The number of aryl methyl sites for hydroxylation is 1. The fraction of sp³-hybridized carbons (Fsp3) is 0.688. The van der Waals surface area contributed by atoms with E-state index >= 15 is 0 Å². The van der Waals surface area contributed by atoms with Crippen LogP contribution in [0.1, 0.15) is 57.8 Å². The van der Waals surface area contributed by atoms with Gasteiger partial charge < -0.3 is 0 Å². The molecule has 1 aromatic heterocycles. The summed E-state index contributed by atoms with van der Waals surface area (Å²) in [6, 6.07) is 4.92. The third kappa shape index (κ3) is 2.74. The first-order valence-electron chi connectivity index (χ1n) is 7.00. The Morgan fingerprint density at radius 2 is 2.06 bits per heavy atom. The summed E-state index contributed by atoms with van der Waals surface area (Å²) in [5.41, 5.74) is 2.84. The molecule has 2 aliphatic rings. The summed E-state index contributed by atoms with van der Waals surface area (Å²) >= 11 is 0. The van der Waals surface area contributed by atoms with E-state index in [2.05, 4.69) is 29.1 Å². The van der Waals surface area contributed by atoms with E-state index in [9.17, 15) is 0 Å². The Labute approximate surface area is 112 Å². The largest absolute Gasteiger partial charge is 0.298 e. The summed E-state index contributed by atoms with van der Waals surface area (Å²) in [7, 11) is 2.25. The van der Waals surface area contributed by atoms with Gasteiger partial charge in [0.15, 0.2) is 0 Å². The predicted octanol–water partition coefficient (Wildman–Crippen LogP) is 4.07. The molecule has 0 bridgehead atoms. The van der Waals surface area contributed by atoms with Gasteiger partial charge in [-0.3, -0.25) is 9.88 Å². The van der Waals surface area contributed by atoms with Gasteiger partial charge in [0, 0.05) is 6.20 Å². The minimum Gasteiger partial charge on any atom is -0.298 e. The van der Waals surface area contributed by atoms with Crippen LogP contribution in [0.15, 0.2) is 18.3 Å². The Hall–Kier alpha value is -0.890. The lowest BCUT2D eigenvalue weighted by molar-refractivity contribution is 0.103. The Balaban J connectivity index is 0.000000516. The average molecular weight is 248 g/mol. The van der Waals surface area contributed by atoms with Crippen molar-refractivity contribution >= 4 is 0 Å². The van der Waals surface area contributed by atoms with Gasteiger partial charge in [0.05, 0.1) is 11.7 Å². The SMILES string of the molecule is C.CC.CN1CCC[C@H]2CCc3cccnc3[C@H]21. The maximum absolute atomic E-state index is 4.61. The Morgan fingerprint density at radius 1 is 1.28 bits per heavy atom. The van der Waals surface area contributed by atoms with E-state index in [4.69, 9.17) is 0 Å². The highest BCUT2D eigenvalue weighted by Crippen LogP contribution is 2.41. The van der Waals surface area contributed by atoms with Crippen LogP contribution >= 0.6 is 0 Å². The van der Waals surface area contributed by atoms with Crippen LogP contribution in [0.5, 0.6) is 0 Å². The second kappa shape index (κ2) is 6.89. The molecule has 3 rings (SSSR count). The van der Waals surface area contributed by atoms with Gasteiger partial charge in [-0.15, -0.1) is 0 Å². The van der Waals surface area contributed by atoms with Crippen molar-refractivity contribution in [3.8, 4) is 0 Å². The maximum Gasteiger partial charge on any atom is 0.0609 e. The first-order chi connectivity index (χ1) is 8.36. The molecule has 0 spiro atoms. The fourth-order valence-electron chi connectivity index (χ4n) is 3.26. The van der Waals surface area contributed by atoms with E-state index in [1.54, 1.807) is 0 Å². The molecule has 1 saturated heterocycles. The van der Waals surface area contributed by atoms with Crippen LogP contribution in [0.4, 0.5) is 0 Å². The van der Waals surface area contributed by atoms with Crippen LogP contribution in [0.25, 0.3) is 0 Å². The maximum atomic E-state index is 4.61. The number of pyridine rings is 1. The average Bonchev–Trinajstić information content (AvgIpc) is 2.41. The molecule has 0 amide bonds. The lowest BCUT2D eigenvalue weighted by Gasteiger charge is -2.42. The van der Waals surface area contributed by atoms with Crippen LogP contribution in [-0.4, -0.2) is 23.5 Å². The van der Waals surface area contributed by atoms with Crippen molar-refractivity contribution in [3.63, 3.8) is 0 Å². The molecule has 1 fully saturated rings. The third-order valence-corrected chi connectivity index (χ3v) is 4.00. The second-order valence-corrected chi connectivity index (χ2v) is 4.91. The minimum absolute atomic E-state index is 0. The molecular weight excluding hydrogens is 220 g/mol. The van der Waals surface area contributed by atoms with Crippen molar-refractivity contribution in [1.29, 1.82) is 0 Å². The molecule has 0 N–H and O–H groups in total. The highest BCUT2D eigenvalue weighted by Gasteiger charge is 2.35. The fourth-order valence-corrected chi connectivity index (χ4v) is 3.26. The Bertz CT molecular complexity index is 362. The van der Waals surface area contributed by atoms with Gasteiger partial charge in [-0.05, 0) is 56.8 Å². The molecule has 2 nitrogen and oxygen atoms in total. The molecule has 1 aliphatic carbocycles. The number of piperidine rings is 1. The molecule has 2 heteroatoms. The Morgan fingerprint density at radius 3 is 2.83 bits per heavy atom. The van der Waals surface area contributed by atoms with Crippen molar-refractivity contribution in [2.45, 2.75) is 53.0 Å². The molecule has 0 radical (unpaired) electrons. The predicted molar refractivity (Wildman–Crippen MR) is 78.7 cm³/mol. The van der Waals surface area contributed by atoms with E-state index in [1.807, 2.05) is 20.0 Å². The van der Waals surface area contributed by atoms with E-state index < -0.39 is 0 Å². The van der Waals surface area contributed by atoms with Crippen molar-refractivity contribution in [2.75, 3.05) is 13.6 Å². The third-order valence-electron chi connectivity index (χ3n) is 4.00. The molecular formula is C16H28N2. The van der Waals surface area contributed by atoms with Crippen molar-refractivity contribution in [2.24, 2.45) is 5.92 Å². The number of hydrogen-bond donors (Lipinski definition) is 0. The van der Waals surface area contributed by atoms with Crippen LogP contribution in [0, 0.1) is 5.92 Å². The summed E-state index contributed by atoms with van der Waals surface area (Å²) in [6.07, 6.45) is 7.29. The molecule has 102 valence electrons. The molecule has 0 aromatic carbocycles. The minimum atomic E-state index is 0. The number of aromatic nitrogens is 1. The topological polar surface area (TPSA) is 16.1 Å².